The van der Waals surface area contributed by atoms with E-state index in [9.17, 15) is 9.59 Å². The second kappa shape index (κ2) is 7.14. The van der Waals surface area contributed by atoms with Gasteiger partial charge in [-0.05, 0) is 24.6 Å². The first-order valence-electron chi connectivity index (χ1n) is 6.44. The van der Waals surface area contributed by atoms with Gasteiger partial charge in [0.1, 0.15) is 5.75 Å². The number of hydrogen-bond acceptors (Lipinski definition) is 7. The smallest absolute Gasteiger partial charge is 0.337 e. The molecular weight excluding hydrogens is 292 g/mol. The second-order valence-electron chi connectivity index (χ2n) is 4.25. The fourth-order valence-electron chi connectivity index (χ4n) is 1.87. The molecule has 0 amide bonds. The monoisotopic (exact) mass is 308 g/mol. The number of ether oxygens (including phenoxy) is 2. The average Bonchev–Trinajstić information content (AvgIpc) is 2.48. The summed E-state index contributed by atoms with van der Waals surface area (Å²) in [6.07, 6.45) is 1.63. The topological polar surface area (TPSA) is 76.7 Å². The van der Waals surface area contributed by atoms with E-state index in [-0.39, 0.29) is 18.0 Å². The van der Waals surface area contributed by atoms with Gasteiger partial charge in [-0.3, -0.25) is 4.79 Å². The minimum atomic E-state index is -0.370. The summed E-state index contributed by atoms with van der Waals surface area (Å²) in [5, 5.41) is 0. The van der Waals surface area contributed by atoms with Crippen LogP contribution in [0.25, 0.3) is 0 Å². The van der Waals surface area contributed by atoms with Gasteiger partial charge in [0.25, 0.3) is 0 Å². The Kier molecular flexibility index (Phi) is 5.24. The summed E-state index contributed by atoms with van der Waals surface area (Å²) >= 11 is 1.28. The lowest BCUT2D eigenvalue weighted by Crippen LogP contribution is -2.29. The van der Waals surface area contributed by atoms with Crippen molar-refractivity contribution in [1.82, 2.24) is 9.44 Å². The van der Waals surface area contributed by atoms with Crippen LogP contribution in [0.4, 0.5) is 0 Å². The van der Waals surface area contributed by atoms with Gasteiger partial charge in [-0.2, -0.15) is 0 Å². The Bertz CT molecular complexity index is 557. The summed E-state index contributed by atoms with van der Waals surface area (Å²) < 4.78 is 16.0. The van der Waals surface area contributed by atoms with Crippen molar-refractivity contribution in [3.05, 3.63) is 41.6 Å². The number of hydrogen-bond donors (Lipinski definition) is 2. The molecule has 1 aliphatic rings. The lowest BCUT2D eigenvalue weighted by Gasteiger charge is -2.24. The molecule has 6 nitrogen and oxygen atoms in total. The summed E-state index contributed by atoms with van der Waals surface area (Å²) in [5.41, 5.74) is 1.37. The van der Waals surface area contributed by atoms with E-state index in [1.807, 2.05) is 0 Å². The van der Waals surface area contributed by atoms with Gasteiger partial charge in [0.15, 0.2) is 0 Å². The van der Waals surface area contributed by atoms with E-state index < -0.39 is 0 Å². The Hall–Kier alpha value is -1.99. The summed E-state index contributed by atoms with van der Waals surface area (Å²) in [4.78, 5) is 22.8. The Morgan fingerprint density at radius 1 is 1.29 bits per heavy atom. The number of carbonyl (C=O) groups is 2. The molecule has 0 aliphatic carbocycles. The molecule has 112 valence electrons. The van der Waals surface area contributed by atoms with Crippen molar-refractivity contribution in [2.75, 3.05) is 6.61 Å². The van der Waals surface area contributed by atoms with Crippen LogP contribution in [0, 0.1) is 0 Å². The molecule has 0 saturated carbocycles. The third kappa shape index (κ3) is 3.99. The first-order chi connectivity index (χ1) is 10.1. The number of nitrogens with one attached hydrogen (secondary N) is 2. The largest absolute Gasteiger partial charge is 0.463 e. The summed E-state index contributed by atoms with van der Waals surface area (Å²) in [6.45, 7) is 3.43. The number of rotatable bonds is 4. The fourth-order valence-corrected chi connectivity index (χ4v) is 2.50. The van der Waals surface area contributed by atoms with Crippen LogP contribution in [0.2, 0.25) is 0 Å². The van der Waals surface area contributed by atoms with E-state index in [1.165, 1.54) is 19.1 Å². The normalized spacial score (nSPS) is 17.4. The molecule has 2 rings (SSSR count). The molecule has 0 fully saturated rings. The van der Waals surface area contributed by atoms with Crippen molar-refractivity contribution >= 4 is 24.1 Å². The van der Waals surface area contributed by atoms with Crippen molar-refractivity contribution < 1.29 is 19.1 Å². The highest BCUT2D eigenvalue weighted by Crippen LogP contribution is 2.28. The summed E-state index contributed by atoms with van der Waals surface area (Å²) in [5.74, 6) is -0.272. The van der Waals surface area contributed by atoms with Crippen molar-refractivity contribution in [2.45, 2.75) is 19.9 Å². The van der Waals surface area contributed by atoms with Crippen LogP contribution in [-0.4, -0.2) is 18.5 Å². The molecule has 1 heterocycles. The third-order valence-electron chi connectivity index (χ3n) is 2.75. The van der Waals surface area contributed by atoms with E-state index in [0.717, 1.165) is 5.56 Å². The van der Waals surface area contributed by atoms with Crippen LogP contribution < -0.4 is 14.2 Å². The standard InChI is InChI=1S/C14H16N2O4S/c1-3-19-14(18)12-8-15-21-16-13(12)10-4-6-11(7-5-10)20-9(2)17/h4-8,13,15-16H,3H2,1-2H3. The first-order valence-corrected chi connectivity index (χ1v) is 7.26. The predicted octanol–water partition coefficient (Wildman–Crippen LogP) is 1.86. The molecule has 0 saturated heterocycles. The molecule has 1 aromatic carbocycles. The second-order valence-corrected chi connectivity index (χ2v) is 4.93. The van der Waals surface area contributed by atoms with Crippen LogP contribution >= 0.6 is 12.1 Å². The maximum absolute atomic E-state index is 11.9. The van der Waals surface area contributed by atoms with Crippen LogP contribution in [0.3, 0.4) is 0 Å². The van der Waals surface area contributed by atoms with Crippen molar-refractivity contribution in [2.24, 2.45) is 0 Å². The molecule has 1 aromatic rings. The van der Waals surface area contributed by atoms with Crippen LogP contribution in [-0.2, 0) is 14.3 Å². The minimum Gasteiger partial charge on any atom is -0.463 e. The molecule has 0 radical (unpaired) electrons. The summed E-state index contributed by atoms with van der Waals surface area (Å²) in [6, 6.07) is 6.69. The lowest BCUT2D eigenvalue weighted by atomic mass is 10.00. The SMILES string of the molecule is CCOC(=O)C1=CNSNC1c1ccc(OC(C)=O)cc1. The van der Waals surface area contributed by atoms with Gasteiger partial charge in [0.05, 0.1) is 18.2 Å². The zero-order chi connectivity index (χ0) is 15.2. The lowest BCUT2D eigenvalue weighted by molar-refractivity contribution is -0.139. The molecule has 21 heavy (non-hydrogen) atoms. The van der Waals surface area contributed by atoms with E-state index in [0.29, 0.717) is 17.9 Å². The number of esters is 2. The fraction of sp³-hybridized carbons (Fsp3) is 0.286. The highest BCUT2D eigenvalue weighted by Gasteiger charge is 2.26. The van der Waals surface area contributed by atoms with E-state index >= 15 is 0 Å². The maximum Gasteiger partial charge on any atom is 0.337 e. The van der Waals surface area contributed by atoms with E-state index in [1.54, 1.807) is 37.4 Å². The maximum atomic E-state index is 11.9. The van der Waals surface area contributed by atoms with Crippen molar-refractivity contribution in [3.63, 3.8) is 0 Å². The molecule has 1 aliphatic heterocycles. The third-order valence-corrected chi connectivity index (χ3v) is 3.34. The van der Waals surface area contributed by atoms with Crippen molar-refractivity contribution in [3.8, 4) is 5.75 Å². The molecule has 0 aromatic heterocycles. The average molecular weight is 308 g/mol. The Morgan fingerprint density at radius 3 is 2.62 bits per heavy atom. The molecule has 0 bridgehead atoms. The van der Waals surface area contributed by atoms with Gasteiger partial charge in [-0.15, -0.1) is 0 Å². The first kappa shape index (κ1) is 15.4. The van der Waals surface area contributed by atoms with E-state index in [2.05, 4.69) is 9.44 Å². The van der Waals surface area contributed by atoms with Gasteiger partial charge in [-0.25, -0.2) is 9.52 Å². The highest BCUT2D eigenvalue weighted by molar-refractivity contribution is 7.95. The van der Waals surface area contributed by atoms with E-state index in [4.69, 9.17) is 9.47 Å². The van der Waals surface area contributed by atoms with Crippen molar-refractivity contribution in [1.29, 1.82) is 0 Å². The van der Waals surface area contributed by atoms with Crippen LogP contribution in [0.1, 0.15) is 25.5 Å². The highest BCUT2D eigenvalue weighted by atomic mass is 32.2. The predicted molar refractivity (Wildman–Crippen MR) is 79.1 cm³/mol. The molecule has 2 N–H and O–H groups in total. The van der Waals surface area contributed by atoms with Gasteiger partial charge in [-0.1, -0.05) is 12.1 Å². The minimum absolute atomic E-state index is 0.290. The Labute approximate surface area is 127 Å². The molecular formula is C14H16N2O4S. The molecule has 7 heteroatoms. The quantitative estimate of drug-likeness (QED) is 0.499. The Morgan fingerprint density at radius 2 is 2.00 bits per heavy atom. The van der Waals surface area contributed by atoms with Gasteiger partial charge in [0.2, 0.25) is 0 Å². The Balaban J connectivity index is 2.18. The molecule has 0 spiro atoms. The van der Waals surface area contributed by atoms with Gasteiger partial charge in [0, 0.05) is 25.3 Å². The number of carbonyl (C=O) groups excluding carboxylic acids is 2. The van der Waals surface area contributed by atoms with Crippen LogP contribution in [0.5, 0.6) is 5.75 Å². The van der Waals surface area contributed by atoms with Crippen LogP contribution in [0.15, 0.2) is 36.0 Å². The number of benzene rings is 1. The zero-order valence-electron chi connectivity index (χ0n) is 11.7. The zero-order valence-corrected chi connectivity index (χ0v) is 12.5. The van der Waals surface area contributed by atoms with Gasteiger partial charge >= 0.3 is 11.9 Å². The molecule has 1 unspecified atom stereocenters. The van der Waals surface area contributed by atoms with Gasteiger partial charge < -0.3 is 14.2 Å². The summed E-state index contributed by atoms with van der Waals surface area (Å²) in [7, 11) is 0. The molecule has 1 atom stereocenters.